The first-order chi connectivity index (χ1) is 13.4. The van der Waals surface area contributed by atoms with Crippen LogP contribution in [0.4, 0.5) is 5.69 Å². The number of nitrogens with zero attached hydrogens (tertiary/aromatic N) is 1. The summed E-state index contributed by atoms with van der Waals surface area (Å²) in [6, 6.07) is 10.3. The summed E-state index contributed by atoms with van der Waals surface area (Å²) in [6.07, 6.45) is 0. The Morgan fingerprint density at radius 3 is 2.57 bits per heavy atom. The van der Waals surface area contributed by atoms with Crippen LogP contribution in [0.25, 0.3) is 0 Å². The number of hydrogen-bond acceptors (Lipinski definition) is 5. The molecule has 7 heteroatoms. The topological polar surface area (TPSA) is 73.6 Å². The molecule has 0 bridgehead atoms. The number of carbonyl (C=O) groups is 1. The van der Waals surface area contributed by atoms with Crippen molar-refractivity contribution in [1.29, 1.82) is 0 Å². The Balaban J connectivity index is 1.75. The van der Waals surface area contributed by atoms with Gasteiger partial charge < -0.3 is 19.3 Å². The number of halogens is 1. The fraction of sp³-hybridized carbons (Fsp3) is 0.238. The van der Waals surface area contributed by atoms with Gasteiger partial charge in [-0.1, -0.05) is 16.8 Å². The zero-order valence-electron chi connectivity index (χ0n) is 16.1. The zero-order valence-corrected chi connectivity index (χ0v) is 16.9. The minimum atomic E-state index is -0.249. The van der Waals surface area contributed by atoms with Gasteiger partial charge in [0.2, 0.25) is 0 Å². The van der Waals surface area contributed by atoms with Crippen LogP contribution in [0.15, 0.2) is 40.9 Å². The maximum Gasteiger partial charge on any atom is 0.255 e. The fourth-order valence-electron chi connectivity index (χ4n) is 2.75. The van der Waals surface area contributed by atoms with Crippen LogP contribution in [0.3, 0.4) is 0 Å². The summed E-state index contributed by atoms with van der Waals surface area (Å²) in [4.78, 5) is 12.6. The lowest BCUT2D eigenvalue weighted by Crippen LogP contribution is -2.13. The Morgan fingerprint density at radius 1 is 1.14 bits per heavy atom. The van der Waals surface area contributed by atoms with Crippen molar-refractivity contribution in [3.63, 3.8) is 0 Å². The number of nitrogens with one attached hydrogen (secondary N) is 1. The largest absolute Gasteiger partial charge is 0.493 e. The van der Waals surface area contributed by atoms with Crippen LogP contribution in [-0.4, -0.2) is 18.2 Å². The maximum absolute atomic E-state index is 12.6. The molecule has 1 heterocycles. The lowest BCUT2D eigenvalue weighted by Gasteiger charge is -2.13. The van der Waals surface area contributed by atoms with Crippen molar-refractivity contribution in [1.82, 2.24) is 5.16 Å². The summed E-state index contributed by atoms with van der Waals surface area (Å²) in [5, 5.41) is 7.41. The Labute approximate surface area is 168 Å². The van der Waals surface area contributed by atoms with Crippen LogP contribution >= 0.6 is 11.6 Å². The summed E-state index contributed by atoms with van der Waals surface area (Å²) >= 11 is 5.96. The number of carbonyl (C=O) groups excluding carboxylic acids is 1. The van der Waals surface area contributed by atoms with E-state index in [1.807, 2.05) is 20.8 Å². The predicted octanol–water partition coefficient (Wildman–Crippen LogP) is 5.09. The van der Waals surface area contributed by atoms with Gasteiger partial charge in [0, 0.05) is 16.3 Å². The Morgan fingerprint density at radius 2 is 1.93 bits per heavy atom. The molecule has 0 saturated carbocycles. The highest BCUT2D eigenvalue weighted by molar-refractivity contribution is 6.30. The number of amides is 1. The first-order valence-electron chi connectivity index (χ1n) is 8.69. The van der Waals surface area contributed by atoms with E-state index in [4.69, 9.17) is 25.6 Å². The summed E-state index contributed by atoms with van der Waals surface area (Å²) < 4.78 is 16.4. The van der Waals surface area contributed by atoms with Crippen molar-refractivity contribution in [3.8, 4) is 11.5 Å². The number of benzene rings is 2. The number of rotatable bonds is 6. The minimum absolute atomic E-state index is 0.249. The molecule has 0 aliphatic carbocycles. The normalized spacial score (nSPS) is 10.6. The standard InChI is InChI=1S/C21H21ClN2O4/c1-12-9-16(22)6-7-18(12)23-21(25)15-5-8-19(20(10-15)26-4)27-11-17-13(2)24-28-14(17)3/h5-10H,11H2,1-4H3,(H,23,25). The number of aryl methyl sites for hydroxylation is 3. The molecule has 1 amide bonds. The van der Waals surface area contributed by atoms with Crippen molar-refractivity contribution >= 4 is 23.2 Å². The van der Waals surface area contributed by atoms with Crippen LogP contribution in [0.5, 0.6) is 11.5 Å². The van der Waals surface area contributed by atoms with Gasteiger partial charge in [-0.3, -0.25) is 4.79 Å². The maximum atomic E-state index is 12.6. The smallest absolute Gasteiger partial charge is 0.255 e. The molecule has 0 spiro atoms. The highest BCUT2D eigenvalue weighted by atomic mass is 35.5. The molecular weight excluding hydrogens is 380 g/mol. The average molecular weight is 401 g/mol. The summed E-state index contributed by atoms with van der Waals surface area (Å²) in [6.45, 7) is 5.88. The second-order valence-electron chi connectivity index (χ2n) is 6.37. The molecule has 0 atom stereocenters. The third-order valence-corrected chi connectivity index (χ3v) is 4.65. The molecule has 0 unspecified atom stereocenters. The molecule has 3 rings (SSSR count). The SMILES string of the molecule is COc1cc(C(=O)Nc2ccc(Cl)cc2C)ccc1OCc1c(C)noc1C. The molecule has 2 aromatic carbocycles. The molecule has 0 radical (unpaired) electrons. The second-order valence-corrected chi connectivity index (χ2v) is 6.81. The van der Waals surface area contributed by atoms with Crippen molar-refractivity contribution in [2.24, 2.45) is 0 Å². The number of methoxy groups -OCH3 is 1. The van der Waals surface area contributed by atoms with E-state index in [0.717, 1.165) is 16.8 Å². The van der Waals surface area contributed by atoms with Crippen molar-refractivity contribution in [3.05, 3.63) is 69.6 Å². The van der Waals surface area contributed by atoms with E-state index in [1.54, 1.807) is 36.4 Å². The summed E-state index contributed by atoms with van der Waals surface area (Å²) in [5.41, 5.74) is 3.71. The highest BCUT2D eigenvalue weighted by Gasteiger charge is 2.15. The molecule has 0 fully saturated rings. The van der Waals surface area contributed by atoms with Crippen LogP contribution in [0.1, 0.15) is 32.9 Å². The van der Waals surface area contributed by atoms with Crippen LogP contribution < -0.4 is 14.8 Å². The first kappa shape index (κ1) is 19.8. The van der Waals surface area contributed by atoms with E-state index in [1.165, 1.54) is 7.11 Å². The number of hydrogen-bond donors (Lipinski definition) is 1. The van der Waals surface area contributed by atoms with Gasteiger partial charge in [0.25, 0.3) is 5.91 Å². The molecular formula is C21H21ClN2O4. The van der Waals surface area contributed by atoms with Crippen LogP contribution in [-0.2, 0) is 6.61 Å². The number of aromatic nitrogens is 1. The predicted molar refractivity (Wildman–Crippen MR) is 107 cm³/mol. The first-order valence-corrected chi connectivity index (χ1v) is 9.07. The van der Waals surface area contributed by atoms with Crippen molar-refractivity contribution in [2.75, 3.05) is 12.4 Å². The molecule has 1 aromatic heterocycles. The van der Waals surface area contributed by atoms with E-state index >= 15 is 0 Å². The molecule has 0 saturated heterocycles. The van der Waals surface area contributed by atoms with E-state index < -0.39 is 0 Å². The third-order valence-electron chi connectivity index (χ3n) is 4.42. The molecule has 0 aliphatic heterocycles. The van der Waals surface area contributed by atoms with E-state index in [2.05, 4.69) is 10.5 Å². The van der Waals surface area contributed by atoms with Crippen molar-refractivity contribution < 1.29 is 18.8 Å². The highest BCUT2D eigenvalue weighted by Crippen LogP contribution is 2.30. The van der Waals surface area contributed by atoms with E-state index in [-0.39, 0.29) is 5.91 Å². The van der Waals surface area contributed by atoms with Gasteiger partial charge in [-0.2, -0.15) is 0 Å². The summed E-state index contributed by atoms with van der Waals surface area (Å²) in [7, 11) is 1.53. The van der Waals surface area contributed by atoms with Crippen LogP contribution in [0.2, 0.25) is 5.02 Å². The van der Waals surface area contributed by atoms with E-state index in [0.29, 0.717) is 40.1 Å². The summed E-state index contributed by atoms with van der Waals surface area (Å²) in [5.74, 6) is 1.46. The van der Waals surface area contributed by atoms with Gasteiger partial charge in [-0.25, -0.2) is 0 Å². The monoisotopic (exact) mass is 400 g/mol. The van der Waals surface area contributed by atoms with Crippen LogP contribution in [0, 0.1) is 20.8 Å². The van der Waals surface area contributed by atoms with Gasteiger partial charge >= 0.3 is 0 Å². The minimum Gasteiger partial charge on any atom is -0.493 e. The lowest BCUT2D eigenvalue weighted by molar-refractivity contribution is 0.102. The average Bonchev–Trinajstić information content (AvgIpc) is 3.00. The Bertz CT molecular complexity index is 994. The Kier molecular flexibility index (Phi) is 5.90. The van der Waals surface area contributed by atoms with Gasteiger partial charge in [-0.05, 0) is 62.7 Å². The molecule has 1 N–H and O–H groups in total. The van der Waals surface area contributed by atoms with E-state index in [9.17, 15) is 4.79 Å². The number of ether oxygens (including phenoxy) is 2. The quantitative estimate of drug-likeness (QED) is 0.623. The molecule has 3 aromatic rings. The molecule has 28 heavy (non-hydrogen) atoms. The van der Waals surface area contributed by atoms with Gasteiger partial charge in [0.15, 0.2) is 11.5 Å². The van der Waals surface area contributed by atoms with Gasteiger partial charge in [0.05, 0.1) is 18.4 Å². The van der Waals surface area contributed by atoms with Gasteiger partial charge in [0.1, 0.15) is 12.4 Å². The second kappa shape index (κ2) is 8.35. The molecule has 6 nitrogen and oxygen atoms in total. The molecule has 146 valence electrons. The third kappa shape index (κ3) is 4.28. The number of anilines is 1. The lowest BCUT2D eigenvalue weighted by atomic mass is 10.1. The molecule has 0 aliphatic rings. The zero-order chi connectivity index (χ0) is 20.3. The fourth-order valence-corrected chi connectivity index (χ4v) is 2.97. The van der Waals surface area contributed by atoms with Crippen molar-refractivity contribution in [2.45, 2.75) is 27.4 Å². The Hall–Kier alpha value is -2.99. The van der Waals surface area contributed by atoms with Gasteiger partial charge in [-0.15, -0.1) is 0 Å².